The third-order valence-corrected chi connectivity index (χ3v) is 22.7. The lowest BCUT2D eigenvalue weighted by Crippen LogP contribution is -2.36. The van der Waals surface area contributed by atoms with Crippen molar-refractivity contribution < 1.29 is 76.9 Å². The molecule has 10 aliphatic rings. The fraction of sp³-hybridized carbons (Fsp3) is 0.917. The summed E-state index contributed by atoms with van der Waals surface area (Å²) in [4.78, 5) is 69.4. The Hall–Kier alpha value is -3.34. The molecule has 0 amide bonds. The van der Waals surface area contributed by atoms with Gasteiger partial charge in [-0.15, -0.1) is 0 Å². The van der Waals surface area contributed by atoms with Gasteiger partial charge in [-0.25, -0.2) is 0 Å². The van der Waals surface area contributed by atoms with Crippen molar-refractivity contribution in [3.63, 3.8) is 0 Å². The fourth-order valence-corrected chi connectivity index (χ4v) is 16.7. The normalized spacial score (nSPS) is 36.9. The summed E-state index contributed by atoms with van der Waals surface area (Å²) in [7, 11) is 0. The minimum Gasteiger partial charge on any atom is -0.481 e. The van der Waals surface area contributed by atoms with Gasteiger partial charge in [0.2, 0.25) is 0 Å². The van der Waals surface area contributed by atoms with Crippen LogP contribution in [0.1, 0.15) is 277 Å². The number of esters is 4. The van der Waals surface area contributed by atoms with E-state index < -0.39 is 11.9 Å². The summed E-state index contributed by atoms with van der Waals surface area (Å²) < 4.78 is 45.2. The lowest BCUT2D eigenvalue weighted by Gasteiger charge is -2.30. The molecule has 0 aromatic carbocycles. The van der Waals surface area contributed by atoms with E-state index in [1.54, 1.807) is 0 Å². The van der Waals surface area contributed by atoms with Crippen molar-refractivity contribution in [2.45, 2.75) is 337 Å². The van der Waals surface area contributed by atoms with Crippen molar-refractivity contribution in [1.82, 2.24) is 0 Å². The van der Waals surface area contributed by atoms with Crippen molar-refractivity contribution in [3.8, 4) is 0 Å². The summed E-state index contributed by atoms with van der Waals surface area (Å²) >= 11 is 0. The number of cyclic esters (lactones) is 2. The molecule has 4 aliphatic carbocycles. The van der Waals surface area contributed by atoms with E-state index in [2.05, 4.69) is 83.1 Å². The molecule has 4 saturated carbocycles. The predicted octanol–water partition coefficient (Wildman–Crippen LogP) is 15.5. The summed E-state index contributed by atoms with van der Waals surface area (Å²) in [6.07, 6.45) is 29.8. The maximum atomic E-state index is 12.6. The van der Waals surface area contributed by atoms with Gasteiger partial charge < -0.3 is 48.1 Å². The van der Waals surface area contributed by atoms with Gasteiger partial charge in [-0.1, -0.05) is 123 Å². The molecule has 0 bridgehead atoms. The molecule has 16 heteroatoms. The van der Waals surface area contributed by atoms with Crippen LogP contribution in [-0.4, -0.2) is 119 Å². The monoisotopic (exact) mass is 1240 g/mol. The maximum absolute atomic E-state index is 12.6. The zero-order valence-electron chi connectivity index (χ0n) is 57.4. The number of carboxylic acids is 2. The Morgan fingerprint density at radius 3 is 1.07 bits per heavy atom. The highest BCUT2D eigenvalue weighted by atomic mass is 16.6. The lowest BCUT2D eigenvalue weighted by atomic mass is 9.88. The van der Waals surface area contributed by atoms with E-state index in [0.717, 1.165) is 141 Å². The van der Waals surface area contributed by atoms with Crippen molar-refractivity contribution in [3.05, 3.63) is 0 Å². The Morgan fingerprint density at radius 1 is 0.398 bits per heavy atom. The molecule has 0 aromatic heterocycles. The molecule has 2 N–H and O–H groups in total. The molecule has 508 valence electrons. The van der Waals surface area contributed by atoms with E-state index in [0.29, 0.717) is 49.2 Å². The first kappa shape index (κ1) is 75.4. The van der Waals surface area contributed by atoms with E-state index in [-0.39, 0.29) is 119 Å². The van der Waals surface area contributed by atoms with Gasteiger partial charge in [0.05, 0.1) is 97.6 Å². The number of hydrogen-bond donors (Lipinski definition) is 2. The Bertz CT molecular complexity index is 1970. The average Bonchev–Trinajstić information content (AvgIpc) is 3.61. The fourth-order valence-electron chi connectivity index (χ4n) is 16.7. The topological polar surface area (TPSA) is 217 Å². The molecule has 20 unspecified atom stereocenters. The number of carboxylic acid groups (broad SMARTS) is 2. The molecule has 6 saturated heterocycles. The van der Waals surface area contributed by atoms with Crippen LogP contribution in [0.2, 0.25) is 0 Å². The van der Waals surface area contributed by atoms with Gasteiger partial charge in [0.25, 0.3) is 0 Å². The van der Waals surface area contributed by atoms with Crippen LogP contribution in [0.25, 0.3) is 0 Å². The molecule has 20 atom stereocenters. The number of rotatable bonds is 20. The van der Waals surface area contributed by atoms with E-state index >= 15 is 0 Å². The van der Waals surface area contributed by atoms with Crippen LogP contribution in [0.5, 0.6) is 0 Å². The van der Waals surface area contributed by atoms with Crippen LogP contribution in [0.4, 0.5) is 0 Å². The molecule has 10 fully saturated rings. The molecule has 0 spiro atoms. The molecule has 10 rings (SSSR count). The minimum atomic E-state index is -0.710. The van der Waals surface area contributed by atoms with Crippen LogP contribution in [-0.2, 0) is 66.7 Å². The van der Waals surface area contributed by atoms with E-state index in [4.69, 9.17) is 48.1 Å². The van der Waals surface area contributed by atoms with Crippen LogP contribution in [0.15, 0.2) is 0 Å². The molecule has 16 nitrogen and oxygen atoms in total. The Balaban J connectivity index is 0.000000195. The number of ether oxygens (including phenoxy) is 8. The SMILES string of the molecule is CCC1CC(C(=O)O)C(CC)O1.CCC1CC(C(=O)OC2(CC)CCCC2)C(CC)O1.CCC1CC(CC)C(C(=O)O)C1.CCC1CC(CC)C(C(=O)OC2(CC)CCCC2)C1.CCC1OC(CC)C2C(=O)OCC12.CCC1OC(CC)C2C(=O)OCC12. The minimum absolute atomic E-state index is 0.00782. The molecule has 6 heterocycles. The molecule has 6 aliphatic heterocycles. The first-order chi connectivity index (χ1) is 42.2. The first-order valence-electron chi connectivity index (χ1n) is 36.1. The van der Waals surface area contributed by atoms with Crippen molar-refractivity contribution in [2.75, 3.05) is 13.2 Å². The number of carbonyl (C=O) groups excluding carboxylic acids is 4. The molecule has 0 aromatic rings. The average molecular weight is 1250 g/mol. The first-order valence-corrected chi connectivity index (χ1v) is 36.1. The highest BCUT2D eigenvalue weighted by molar-refractivity contribution is 5.77. The Morgan fingerprint density at radius 2 is 0.750 bits per heavy atom. The van der Waals surface area contributed by atoms with Gasteiger partial charge in [-0.3, -0.25) is 28.8 Å². The van der Waals surface area contributed by atoms with E-state index in [1.807, 2.05) is 13.8 Å². The third-order valence-electron chi connectivity index (χ3n) is 22.7. The lowest BCUT2D eigenvalue weighted by molar-refractivity contribution is -0.167. The summed E-state index contributed by atoms with van der Waals surface area (Å²) in [6, 6.07) is 0. The summed E-state index contributed by atoms with van der Waals surface area (Å²) in [5, 5.41) is 17.8. The smallest absolute Gasteiger partial charge is 0.312 e. The molecule has 88 heavy (non-hydrogen) atoms. The summed E-state index contributed by atoms with van der Waals surface area (Å²) in [6.45, 7) is 30.7. The molecule has 0 radical (unpaired) electrons. The highest BCUT2D eigenvalue weighted by Gasteiger charge is 2.53. The van der Waals surface area contributed by atoms with Crippen molar-refractivity contribution >= 4 is 35.8 Å². The van der Waals surface area contributed by atoms with Gasteiger partial charge >= 0.3 is 35.8 Å². The zero-order valence-corrected chi connectivity index (χ0v) is 57.4. The zero-order chi connectivity index (χ0) is 64.9. The predicted molar refractivity (Wildman–Crippen MR) is 340 cm³/mol. The highest BCUT2D eigenvalue weighted by Crippen LogP contribution is 2.46. The van der Waals surface area contributed by atoms with Gasteiger partial charge in [0.1, 0.15) is 11.2 Å². The molecular formula is C72H124O16. The number of carbonyl (C=O) groups is 6. The Kier molecular flexibility index (Phi) is 31.5. The van der Waals surface area contributed by atoms with Crippen molar-refractivity contribution in [1.29, 1.82) is 0 Å². The largest absolute Gasteiger partial charge is 0.481 e. The summed E-state index contributed by atoms with van der Waals surface area (Å²) in [5.41, 5.74) is -0.278. The maximum Gasteiger partial charge on any atom is 0.312 e. The third kappa shape index (κ3) is 19.4. The van der Waals surface area contributed by atoms with Gasteiger partial charge in [-0.05, 0) is 178 Å². The quantitative estimate of drug-likeness (QED) is 0.0856. The van der Waals surface area contributed by atoms with Crippen LogP contribution >= 0.6 is 0 Å². The number of aliphatic carboxylic acids is 2. The number of fused-ring (bicyclic) bond motifs is 2. The van der Waals surface area contributed by atoms with E-state index in [1.165, 1.54) is 38.5 Å². The Labute approximate surface area is 531 Å². The summed E-state index contributed by atoms with van der Waals surface area (Å²) in [5.74, 6) is 1.61. The van der Waals surface area contributed by atoms with Crippen LogP contribution in [0, 0.1) is 71.0 Å². The van der Waals surface area contributed by atoms with Crippen molar-refractivity contribution in [2.24, 2.45) is 71.0 Å². The van der Waals surface area contributed by atoms with Gasteiger partial charge in [-0.2, -0.15) is 0 Å². The second-order valence-electron chi connectivity index (χ2n) is 27.7. The second-order valence-corrected chi connectivity index (χ2v) is 27.7. The van der Waals surface area contributed by atoms with E-state index in [9.17, 15) is 28.8 Å². The number of hydrogen-bond acceptors (Lipinski definition) is 14. The van der Waals surface area contributed by atoms with Gasteiger partial charge in [0.15, 0.2) is 0 Å². The molecular weight excluding hydrogens is 1120 g/mol. The van der Waals surface area contributed by atoms with Gasteiger partial charge in [0, 0.05) is 11.8 Å². The standard InChI is InChI=1S/C17H30O2.C16H28O3.2C10H16O3.C10H18O2.C9H16O3/c1-4-13-11-14(5-2)15(12-13)16(18)19-17(6-3)9-7-8-10-17;1-4-12-11-13(14(5-2)18-12)15(17)19-16(6-3)9-7-8-10-16;2*1-3-7-6-5-12-10(11)9(6)8(4-2)13-7;1-3-7-5-8(4-2)9(6-7)10(11)12;1-3-6-5-7(9(10)11)8(4-2)12-6/h13-15H,4-12H2,1-3H3;12-14H,4-11H2,1-3H3;2*6-9H,3-5H2,1-2H3;7-9H,3-6H2,1-2H3,(H,11,12);6-8H,3-5H2,1-2H3,(H,10,11). The van der Waals surface area contributed by atoms with Crippen LogP contribution in [0.3, 0.4) is 0 Å². The van der Waals surface area contributed by atoms with Crippen LogP contribution < -0.4 is 0 Å². The second kappa shape index (κ2) is 36.8.